The van der Waals surface area contributed by atoms with E-state index < -0.39 is 47.7 Å². The molecule has 2 aliphatic heterocycles. The van der Waals surface area contributed by atoms with E-state index in [2.05, 4.69) is 4.99 Å². The lowest BCUT2D eigenvalue weighted by molar-refractivity contribution is -0.325. The Labute approximate surface area is 253 Å². The van der Waals surface area contributed by atoms with Crippen LogP contribution in [-0.2, 0) is 27.4 Å². The van der Waals surface area contributed by atoms with E-state index in [0.29, 0.717) is 12.5 Å². The Balaban J connectivity index is 1.71. The number of ether oxygens (including phenoxy) is 3. The number of rotatable bonds is 9. The first kappa shape index (κ1) is 33.0. The molecular weight excluding hydrogens is 585 g/mol. The van der Waals surface area contributed by atoms with E-state index in [1.165, 1.54) is 0 Å². The number of benzene rings is 2. The molecule has 0 aliphatic carbocycles. The lowest BCUT2D eigenvalue weighted by atomic mass is 9.86. The summed E-state index contributed by atoms with van der Waals surface area (Å²) in [5.41, 5.74) is -3.12. The Morgan fingerprint density at radius 3 is 2.00 bits per heavy atom. The van der Waals surface area contributed by atoms with Crippen molar-refractivity contribution in [3.63, 3.8) is 0 Å². The van der Waals surface area contributed by atoms with Gasteiger partial charge in [-0.3, -0.25) is 9.89 Å². The van der Waals surface area contributed by atoms with Crippen molar-refractivity contribution >= 4 is 23.0 Å². The second-order valence-corrected chi connectivity index (χ2v) is 12.8. The van der Waals surface area contributed by atoms with Crippen LogP contribution in [-0.4, -0.2) is 74.5 Å². The third-order valence-electron chi connectivity index (χ3n) is 7.07. The maximum absolute atomic E-state index is 14.3. The average Bonchev–Trinajstić information content (AvgIpc) is 3.36. The molecule has 8 nitrogen and oxygen atoms in total. The monoisotopic (exact) mass is 622 g/mol. The molecule has 6 atom stereocenters. The van der Waals surface area contributed by atoms with Crippen LogP contribution in [0, 0.1) is 5.41 Å². The Morgan fingerprint density at radius 1 is 0.977 bits per heavy atom. The first-order valence-corrected chi connectivity index (χ1v) is 14.7. The molecule has 2 aromatic carbocycles. The van der Waals surface area contributed by atoms with Crippen LogP contribution in [0.3, 0.4) is 0 Å². The number of carbonyl (C=O) groups is 1. The molecule has 2 aromatic rings. The van der Waals surface area contributed by atoms with Gasteiger partial charge in [0.25, 0.3) is 0 Å². The van der Waals surface area contributed by atoms with Crippen molar-refractivity contribution in [2.24, 2.45) is 10.4 Å². The highest BCUT2D eigenvalue weighted by Crippen LogP contribution is 2.46. The number of carboxylic acid groups (broad SMARTS) is 1. The molecule has 1 unspecified atom stereocenters. The summed E-state index contributed by atoms with van der Waals surface area (Å²) < 4.78 is 61.1. The molecular formula is C31H37F3N2O6S. The molecule has 1 saturated heterocycles. The number of amidine groups is 1. The fraction of sp³-hybridized carbons (Fsp3) is 0.484. The highest BCUT2D eigenvalue weighted by molar-refractivity contribution is 8.14. The van der Waals surface area contributed by atoms with Crippen molar-refractivity contribution in [1.29, 1.82) is 0 Å². The van der Waals surface area contributed by atoms with Crippen LogP contribution >= 0.6 is 11.8 Å². The summed E-state index contributed by atoms with van der Waals surface area (Å²) in [5.74, 6) is 0. The van der Waals surface area contributed by atoms with E-state index in [-0.39, 0.29) is 30.3 Å². The number of hydrogen-bond acceptors (Lipinski definition) is 7. The van der Waals surface area contributed by atoms with Gasteiger partial charge in [-0.2, -0.15) is 13.2 Å². The third kappa shape index (κ3) is 8.18. The van der Waals surface area contributed by atoms with Crippen LogP contribution in [0.2, 0.25) is 0 Å². The largest absolute Gasteiger partial charge is 0.465 e. The normalized spacial score (nSPS) is 25.7. The van der Waals surface area contributed by atoms with E-state index in [1.807, 2.05) is 57.2 Å². The van der Waals surface area contributed by atoms with Gasteiger partial charge >= 0.3 is 12.3 Å². The van der Waals surface area contributed by atoms with Gasteiger partial charge in [-0.1, -0.05) is 105 Å². The van der Waals surface area contributed by atoms with E-state index >= 15 is 0 Å². The molecule has 2 aliphatic rings. The lowest BCUT2D eigenvalue weighted by Gasteiger charge is -2.47. The van der Waals surface area contributed by atoms with Crippen LogP contribution in [0.15, 0.2) is 77.8 Å². The van der Waals surface area contributed by atoms with Crippen molar-refractivity contribution in [1.82, 2.24) is 4.90 Å². The molecule has 2 heterocycles. The minimum atomic E-state index is -5.07. The molecule has 2 N–H and O–H groups in total. The van der Waals surface area contributed by atoms with E-state index in [0.717, 1.165) is 22.2 Å². The summed E-state index contributed by atoms with van der Waals surface area (Å²) >= 11 is 0.886. The number of allylic oxidation sites excluding steroid dienone is 1. The Kier molecular flexibility index (Phi) is 10.3. The predicted molar refractivity (Wildman–Crippen MR) is 158 cm³/mol. The molecule has 1 amide bonds. The Morgan fingerprint density at radius 2 is 1.51 bits per heavy atom. The molecule has 12 heteroatoms. The van der Waals surface area contributed by atoms with Gasteiger partial charge in [-0.25, -0.2) is 4.79 Å². The first-order chi connectivity index (χ1) is 20.2. The number of halogens is 3. The van der Waals surface area contributed by atoms with Crippen LogP contribution in [0.5, 0.6) is 0 Å². The zero-order valence-corrected chi connectivity index (χ0v) is 25.2. The fourth-order valence-corrected chi connectivity index (χ4v) is 5.92. The summed E-state index contributed by atoms with van der Waals surface area (Å²) in [6.07, 6.45) is -7.22. The highest BCUT2D eigenvalue weighted by Gasteiger charge is 2.64. The second-order valence-electron chi connectivity index (χ2n) is 11.8. The molecule has 1 fully saturated rings. The molecule has 0 spiro atoms. The molecule has 0 aromatic heterocycles. The molecule has 0 saturated carbocycles. The first-order valence-electron chi connectivity index (χ1n) is 13.9. The standard InChI is InChI=1S/C31H37F3N2O6S/c1-29(2,3)16-11-17-36(28(37)38)27-35-22-23(40-18-20-12-7-5-8-13-20)24(41-19-21-14-9-6-10-15-21)25(42-26(22)43-27)30(4,39)31(32,33)34/h5-16,22-26,39H,17-19H2,1-4H3,(H,37,38)/t22-,23-,24+,25+,26-,30?/m1/s1. The number of aliphatic hydroxyl groups is 1. The Bertz CT molecular complexity index is 1280. The lowest BCUT2D eigenvalue weighted by Crippen LogP contribution is -2.67. The van der Waals surface area contributed by atoms with Crippen LogP contribution in [0.1, 0.15) is 38.8 Å². The van der Waals surface area contributed by atoms with Crippen LogP contribution < -0.4 is 0 Å². The molecule has 4 rings (SSSR count). The van der Waals surface area contributed by atoms with Gasteiger partial charge in [-0.15, -0.1) is 0 Å². The minimum Gasteiger partial charge on any atom is -0.465 e. The second kappa shape index (κ2) is 13.4. The van der Waals surface area contributed by atoms with Gasteiger partial charge < -0.3 is 24.4 Å². The predicted octanol–water partition coefficient (Wildman–Crippen LogP) is 6.25. The van der Waals surface area contributed by atoms with Crippen molar-refractivity contribution in [2.75, 3.05) is 6.54 Å². The minimum absolute atomic E-state index is 0.0211. The quantitative estimate of drug-likeness (QED) is 0.319. The van der Waals surface area contributed by atoms with E-state index in [4.69, 9.17) is 14.2 Å². The smallest absolute Gasteiger partial charge is 0.419 e. The zero-order valence-electron chi connectivity index (χ0n) is 24.4. The van der Waals surface area contributed by atoms with Crippen molar-refractivity contribution in [2.45, 2.75) is 82.5 Å². The maximum atomic E-state index is 14.3. The van der Waals surface area contributed by atoms with E-state index in [1.54, 1.807) is 36.4 Å². The van der Waals surface area contributed by atoms with Gasteiger partial charge in [0.2, 0.25) is 0 Å². The summed E-state index contributed by atoms with van der Waals surface area (Å²) in [6.45, 7) is 6.47. The number of amides is 1. The number of thioether (sulfide) groups is 1. The van der Waals surface area contributed by atoms with Gasteiger partial charge in [0, 0.05) is 6.54 Å². The van der Waals surface area contributed by atoms with Gasteiger partial charge in [0.15, 0.2) is 10.8 Å². The van der Waals surface area contributed by atoms with Gasteiger partial charge in [0.05, 0.1) is 13.2 Å². The molecule has 43 heavy (non-hydrogen) atoms. The fourth-order valence-electron chi connectivity index (χ4n) is 4.72. The topological polar surface area (TPSA) is 101 Å². The molecule has 234 valence electrons. The molecule has 0 radical (unpaired) electrons. The third-order valence-corrected chi connectivity index (χ3v) is 8.22. The highest BCUT2D eigenvalue weighted by atomic mass is 32.2. The summed E-state index contributed by atoms with van der Waals surface area (Å²) in [6, 6.07) is 17.0. The van der Waals surface area contributed by atoms with Crippen LogP contribution in [0.25, 0.3) is 0 Å². The summed E-state index contributed by atoms with van der Waals surface area (Å²) in [5, 5.41) is 20.9. The number of nitrogens with zero attached hydrogens (tertiary/aromatic N) is 2. The van der Waals surface area contributed by atoms with Crippen molar-refractivity contribution in [3.05, 3.63) is 83.9 Å². The van der Waals surface area contributed by atoms with E-state index in [9.17, 15) is 28.2 Å². The van der Waals surface area contributed by atoms with Gasteiger partial charge in [-0.05, 0) is 23.5 Å². The average molecular weight is 623 g/mol. The SMILES string of the molecule is CC(C)(C)C=CCN(C(=O)O)C1=N[C@@H]2[C@@H](OCc3ccccc3)[C@H](OCc3ccccc3)[C@@H](C(C)(O)C(F)(F)F)O[C@@H]2S1. The number of fused-ring (bicyclic) bond motifs is 1. The maximum Gasteiger partial charge on any atom is 0.419 e. The zero-order chi connectivity index (χ0) is 31.4. The Hall–Kier alpha value is -2.90. The van der Waals surface area contributed by atoms with Crippen molar-refractivity contribution in [3.8, 4) is 0 Å². The summed E-state index contributed by atoms with van der Waals surface area (Å²) in [7, 11) is 0. The van der Waals surface area contributed by atoms with Crippen molar-refractivity contribution < 1.29 is 42.4 Å². The van der Waals surface area contributed by atoms with Gasteiger partial charge in [0.1, 0.15) is 29.8 Å². The number of alkyl halides is 3. The number of hydrogen-bond donors (Lipinski definition) is 2. The molecule has 0 bridgehead atoms. The summed E-state index contributed by atoms with van der Waals surface area (Å²) in [4.78, 5) is 17.9. The number of aliphatic imine (C=N–C) groups is 1. The van der Waals surface area contributed by atoms with Crippen LogP contribution in [0.4, 0.5) is 18.0 Å².